The third-order valence-corrected chi connectivity index (χ3v) is 8.04. The number of methoxy groups -OCH3 is 1. The average Bonchev–Trinajstić information content (AvgIpc) is 2.89. The monoisotopic (exact) mass is 460 g/mol. The maximum Gasteiger partial charge on any atom is 0.254 e. The molecular weight excluding hydrogens is 424 g/mol. The van der Waals surface area contributed by atoms with E-state index in [0.29, 0.717) is 5.56 Å². The Bertz CT molecular complexity index is 1010. The molecule has 2 amide bonds. The van der Waals surface area contributed by atoms with E-state index in [9.17, 15) is 9.59 Å². The summed E-state index contributed by atoms with van der Waals surface area (Å²) >= 11 is 0. The second-order valence-corrected chi connectivity index (χ2v) is 10.1. The molecule has 180 valence electrons. The fraction of sp³-hybridized carbons (Fsp3) is 0.517. The van der Waals surface area contributed by atoms with Crippen molar-refractivity contribution in [3.05, 3.63) is 65.2 Å². The quantitative estimate of drug-likeness (QED) is 0.617. The molecule has 5 nitrogen and oxygen atoms in total. The summed E-state index contributed by atoms with van der Waals surface area (Å²) in [6.45, 7) is 0. The topological polar surface area (TPSA) is 58.6 Å². The van der Waals surface area contributed by atoms with Crippen molar-refractivity contribution in [3.8, 4) is 5.75 Å². The molecule has 3 aliphatic rings. The first kappa shape index (κ1) is 22.9. The van der Waals surface area contributed by atoms with Gasteiger partial charge in [-0.05, 0) is 55.0 Å². The van der Waals surface area contributed by atoms with Crippen molar-refractivity contribution < 1.29 is 14.3 Å². The normalized spacial score (nSPS) is 23.9. The molecule has 5 rings (SSSR count). The molecule has 0 radical (unpaired) electrons. The zero-order valence-electron chi connectivity index (χ0n) is 20.2. The predicted octanol–water partition coefficient (Wildman–Crippen LogP) is 5.76. The van der Waals surface area contributed by atoms with Gasteiger partial charge in [0.2, 0.25) is 5.91 Å². The zero-order valence-corrected chi connectivity index (χ0v) is 20.2. The number of fused-ring (bicyclic) bond motifs is 1. The summed E-state index contributed by atoms with van der Waals surface area (Å²) < 4.78 is 5.39. The third kappa shape index (κ3) is 4.45. The van der Waals surface area contributed by atoms with Crippen molar-refractivity contribution in [2.24, 2.45) is 0 Å². The van der Waals surface area contributed by atoms with Crippen LogP contribution in [0.25, 0.3) is 0 Å². The highest BCUT2D eigenvalue weighted by atomic mass is 16.5. The summed E-state index contributed by atoms with van der Waals surface area (Å²) in [7, 11) is 1.66. The minimum absolute atomic E-state index is 0.0495. The number of rotatable bonds is 5. The van der Waals surface area contributed by atoms with Crippen molar-refractivity contribution in [1.29, 1.82) is 0 Å². The van der Waals surface area contributed by atoms with E-state index in [1.54, 1.807) is 7.11 Å². The Morgan fingerprint density at radius 1 is 0.882 bits per heavy atom. The van der Waals surface area contributed by atoms with E-state index in [1.807, 2.05) is 48.5 Å². The lowest BCUT2D eigenvalue weighted by atomic mass is 9.77. The van der Waals surface area contributed by atoms with E-state index in [1.165, 1.54) is 25.7 Å². The van der Waals surface area contributed by atoms with Gasteiger partial charge in [0.15, 0.2) is 0 Å². The summed E-state index contributed by atoms with van der Waals surface area (Å²) in [5, 5.41) is 3.39. The van der Waals surface area contributed by atoms with Gasteiger partial charge in [-0.3, -0.25) is 9.59 Å². The molecule has 0 unspecified atom stereocenters. The van der Waals surface area contributed by atoms with Gasteiger partial charge in [0.05, 0.1) is 19.1 Å². The first-order chi connectivity index (χ1) is 16.7. The van der Waals surface area contributed by atoms with Crippen LogP contribution in [0.1, 0.15) is 97.7 Å². The van der Waals surface area contributed by atoms with Gasteiger partial charge in [-0.1, -0.05) is 68.9 Å². The van der Waals surface area contributed by atoms with Crippen molar-refractivity contribution in [3.63, 3.8) is 0 Å². The number of ether oxygens (including phenoxy) is 1. The van der Waals surface area contributed by atoms with Crippen molar-refractivity contribution >= 4 is 11.8 Å². The SMILES string of the molecule is COc1ccc([C@@H]2[C@H](C(=O)NC3CCCCC3)c3ccccc3C(=O)N2C2CCCCC2)cc1. The second kappa shape index (κ2) is 10.2. The Balaban J connectivity index is 1.59. The first-order valence-electron chi connectivity index (χ1n) is 13.0. The molecule has 2 aliphatic carbocycles. The number of amides is 2. The Morgan fingerprint density at radius 3 is 2.21 bits per heavy atom. The molecule has 0 bridgehead atoms. The van der Waals surface area contributed by atoms with E-state index in [4.69, 9.17) is 4.74 Å². The maximum absolute atomic E-state index is 14.0. The molecule has 1 N–H and O–H groups in total. The lowest BCUT2D eigenvalue weighted by molar-refractivity contribution is -0.125. The lowest BCUT2D eigenvalue weighted by Gasteiger charge is -2.47. The average molecular weight is 461 g/mol. The molecule has 0 aromatic heterocycles. The third-order valence-electron chi connectivity index (χ3n) is 8.04. The Morgan fingerprint density at radius 2 is 1.53 bits per heavy atom. The summed E-state index contributed by atoms with van der Waals surface area (Å²) in [6, 6.07) is 15.8. The molecule has 2 atom stereocenters. The van der Waals surface area contributed by atoms with Crippen LogP contribution in [0.2, 0.25) is 0 Å². The van der Waals surface area contributed by atoms with Crippen LogP contribution >= 0.6 is 0 Å². The second-order valence-electron chi connectivity index (χ2n) is 10.1. The number of nitrogens with zero attached hydrogens (tertiary/aromatic N) is 1. The molecule has 2 saturated carbocycles. The van der Waals surface area contributed by atoms with E-state index in [2.05, 4.69) is 10.2 Å². The van der Waals surface area contributed by atoms with E-state index < -0.39 is 5.92 Å². The molecule has 1 aliphatic heterocycles. The summed E-state index contributed by atoms with van der Waals surface area (Å²) in [6.07, 6.45) is 11.1. The smallest absolute Gasteiger partial charge is 0.254 e. The largest absolute Gasteiger partial charge is 0.497 e. The molecule has 34 heavy (non-hydrogen) atoms. The maximum atomic E-state index is 14.0. The molecule has 5 heteroatoms. The summed E-state index contributed by atoms with van der Waals surface area (Å²) in [5.41, 5.74) is 2.54. The predicted molar refractivity (Wildman–Crippen MR) is 133 cm³/mol. The number of hydrogen-bond donors (Lipinski definition) is 1. The van der Waals surface area contributed by atoms with Crippen LogP contribution in [-0.4, -0.2) is 35.9 Å². The lowest BCUT2D eigenvalue weighted by Crippen LogP contribution is -2.53. The van der Waals surface area contributed by atoms with Gasteiger partial charge in [0.1, 0.15) is 5.75 Å². The first-order valence-corrected chi connectivity index (χ1v) is 13.0. The molecule has 0 saturated heterocycles. The zero-order chi connectivity index (χ0) is 23.5. The van der Waals surface area contributed by atoms with Gasteiger partial charge in [-0.15, -0.1) is 0 Å². The number of benzene rings is 2. The highest BCUT2D eigenvalue weighted by Crippen LogP contribution is 2.46. The van der Waals surface area contributed by atoms with Crippen molar-refractivity contribution in [2.75, 3.05) is 7.11 Å². The molecule has 2 aromatic rings. The van der Waals surface area contributed by atoms with Crippen LogP contribution in [0.15, 0.2) is 48.5 Å². The van der Waals surface area contributed by atoms with Crippen LogP contribution in [0.4, 0.5) is 0 Å². The fourth-order valence-corrected chi connectivity index (χ4v) is 6.29. The van der Waals surface area contributed by atoms with Gasteiger partial charge in [0.25, 0.3) is 5.91 Å². The standard InChI is InChI=1S/C29H36N2O3/c1-34-23-18-16-20(17-19-23)27-26(28(32)30-21-10-4-2-5-11-21)24-14-8-9-15-25(24)29(33)31(27)22-12-6-3-7-13-22/h8-9,14-19,21-22,26-27H,2-7,10-13H2,1H3,(H,30,32)/t26-,27-/m1/s1. The van der Waals surface area contributed by atoms with Crippen LogP contribution < -0.4 is 10.1 Å². The van der Waals surface area contributed by atoms with E-state index in [0.717, 1.165) is 55.4 Å². The molecule has 0 spiro atoms. The minimum Gasteiger partial charge on any atom is -0.497 e. The molecule has 2 aromatic carbocycles. The van der Waals surface area contributed by atoms with Gasteiger partial charge < -0.3 is 15.0 Å². The van der Waals surface area contributed by atoms with Crippen molar-refractivity contribution in [2.45, 2.75) is 88.3 Å². The van der Waals surface area contributed by atoms with Gasteiger partial charge in [-0.2, -0.15) is 0 Å². The van der Waals surface area contributed by atoms with Crippen LogP contribution in [-0.2, 0) is 4.79 Å². The highest BCUT2D eigenvalue weighted by Gasteiger charge is 2.46. The Hall–Kier alpha value is -2.82. The number of hydrogen-bond acceptors (Lipinski definition) is 3. The molecule has 1 heterocycles. The molecule has 2 fully saturated rings. The van der Waals surface area contributed by atoms with Crippen molar-refractivity contribution in [1.82, 2.24) is 10.2 Å². The number of nitrogens with one attached hydrogen (secondary N) is 1. The highest BCUT2D eigenvalue weighted by molar-refractivity contribution is 6.01. The van der Waals surface area contributed by atoms with Crippen LogP contribution in [0.3, 0.4) is 0 Å². The van der Waals surface area contributed by atoms with Gasteiger partial charge >= 0.3 is 0 Å². The van der Waals surface area contributed by atoms with Gasteiger partial charge in [-0.25, -0.2) is 0 Å². The van der Waals surface area contributed by atoms with Crippen LogP contribution in [0.5, 0.6) is 5.75 Å². The number of carbonyl (C=O) groups is 2. The fourth-order valence-electron chi connectivity index (χ4n) is 6.29. The minimum atomic E-state index is -0.425. The summed E-state index contributed by atoms with van der Waals surface area (Å²) in [4.78, 5) is 30.0. The van der Waals surface area contributed by atoms with E-state index in [-0.39, 0.29) is 29.9 Å². The molecular formula is C29H36N2O3. The van der Waals surface area contributed by atoms with E-state index >= 15 is 0 Å². The van der Waals surface area contributed by atoms with Crippen LogP contribution in [0, 0.1) is 0 Å². The Labute approximate surface area is 202 Å². The Kier molecular flexibility index (Phi) is 6.89. The van der Waals surface area contributed by atoms with Gasteiger partial charge in [0, 0.05) is 17.6 Å². The summed E-state index contributed by atoms with van der Waals surface area (Å²) in [5.74, 6) is 0.461. The number of carbonyl (C=O) groups excluding carboxylic acids is 2.